The van der Waals surface area contributed by atoms with Gasteiger partial charge in [-0.1, -0.05) is 12.1 Å². The molecule has 0 saturated heterocycles. The summed E-state index contributed by atoms with van der Waals surface area (Å²) in [5, 5.41) is 15.9. The number of rotatable bonds is 6. The lowest BCUT2D eigenvalue weighted by molar-refractivity contribution is 0.475. The molecule has 0 radical (unpaired) electrons. The Morgan fingerprint density at radius 1 is 1.24 bits per heavy atom. The monoisotopic (exact) mass is 284 g/mol. The molecule has 1 saturated carbocycles. The molecule has 1 fully saturated rings. The Balaban J connectivity index is 1.55. The van der Waals surface area contributed by atoms with Crippen LogP contribution in [0.5, 0.6) is 5.75 Å². The third kappa shape index (κ3) is 3.84. The van der Waals surface area contributed by atoms with E-state index >= 15 is 0 Å². The van der Waals surface area contributed by atoms with Crippen molar-refractivity contribution in [3.05, 3.63) is 41.6 Å². The van der Waals surface area contributed by atoms with Crippen LogP contribution in [0.25, 0.3) is 0 Å². The standard InChI is InChI=1S/C16H20N4O/c1-11-10-18-16(20-15(11)19-13-4-5-13)17-9-8-12-2-6-14(21)7-3-12/h2-3,6-7,10,13,21H,4-5,8-9H2,1H3,(H2,17,18,19,20). The summed E-state index contributed by atoms with van der Waals surface area (Å²) in [4.78, 5) is 8.83. The van der Waals surface area contributed by atoms with E-state index in [9.17, 15) is 5.11 Å². The van der Waals surface area contributed by atoms with E-state index in [0.717, 1.165) is 24.3 Å². The van der Waals surface area contributed by atoms with Crippen LogP contribution in [0.1, 0.15) is 24.0 Å². The fourth-order valence-corrected chi connectivity index (χ4v) is 2.08. The summed E-state index contributed by atoms with van der Waals surface area (Å²) >= 11 is 0. The van der Waals surface area contributed by atoms with Gasteiger partial charge in [0.05, 0.1) is 0 Å². The largest absolute Gasteiger partial charge is 0.508 e. The van der Waals surface area contributed by atoms with E-state index in [1.807, 2.05) is 25.3 Å². The van der Waals surface area contributed by atoms with Gasteiger partial charge in [-0.05, 0) is 43.9 Å². The highest BCUT2D eigenvalue weighted by atomic mass is 16.3. The molecule has 0 bridgehead atoms. The minimum absolute atomic E-state index is 0.296. The molecule has 1 aliphatic carbocycles. The molecule has 5 heteroatoms. The molecule has 2 aromatic rings. The average Bonchev–Trinajstić information content (AvgIpc) is 3.28. The topological polar surface area (TPSA) is 70.1 Å². The van der Waals surface area contributed by atoms with Crippen LogP contribution in [-0.2, 0) is 6.42 Å². The minimum atomic E-state index is 0.296. The molecule has 0 unspecified atom stereocenters. The van der Waals surface area contributed by atoms with Crippen LogP contribution in [-0.4, -0.2) is 27.7 Å². The second-order valence-electron chi connectivity index (χ2n) is 5.49. The molecule has 21 heavy (non-hydrogen) atoms. The number of benzene rings is 1. The van der Waals surface area contributed by atoms with Crippen LogP contribution < -0.4 is 10.6 Å². The van der Waals surface area contributed by atoms with Gasteiger partial charge in [-0.25, -0.2) is 4.98 Å². The fraction of sp³-hybridized carbons (Fsp3) is 0.375. The van der Waals surface area contributed by atoms with Gasteiger partial charge in [-0.2, -0.15) is 4.98 Å². The quantitative estimate of drug-likeness (QED) is 0.761. The summed E-state index contributed by atoms with van der Waals surface area (Å²) in [6, 6.07) is 7.84. The SMILES string of the molecule is Cc1cnc(NCCc2ccc(O)cc2)nc1NC1CC1. The summed E-state index contributed by atoms with van der Waals surface area (Å²) in [6.45, 7) is 2.78. The number of phenolic OH excluding ortho intramolecular Hbond substituents is 1. The number of aromatic nitrogens is 2. The minimum Gasteiger partial charge on any atom is -0.508 e. The van der Waals surface area contributed by atoms with Crippen LogP contribution in [0.4, 0.5) is 11.8 Å². The molecule has 0 aliphatic heterocycles. The Morgan fingerprint density at radius 3 is 2.71 bits per heavy atom. The van der Waals surface area contributed by atoms with Crippen molar-refractivity contribution in [2.45, 2.75) is 32.2 Å². The third-order valence-corrected chi connectivity index (χ3v) is 3.52. The van der Waals surface area contributed by atoms with Crippen molar-refractivity contribution < 1.29 is 5.11 Å². The first-order valence-corrected chi connectivity index (χ1v) is 7.32. The molecule has 1 heterocycles. The van der Waals surface area contributed by atoms with E-state index < -0.39 is 0 Å². The molecule has 3 rings (SSSR count). The molecule has 0 amide bonds. The van der Waals surface area contributed by atoms with Gasteiger partial charge in [0, 0.05) is 24.3 Å². The van der Waals surface area contributed by atoms with Crippen LogP contribution in [0.15, 0.2) is 30.5 Å². The van der Waals surface area contributed by atoms with Crippen LogP contribution in [0, 0.1) is 6.92 Å². The predicted molar refractivity (Wildman–Crippen MR) is 83.7 cm³/mol. The fourth-order valence-electron chi connectivity index (χ4n) is 2.08. The molecule has 0 spiro atoms. The first-order valence-electron chi connectivity index (χ1n) is 7.32. The van der Waals surface area contributed by atoms with Gasteiger partial charge in [0.15, 0.2) is 0 Å². The van der Waals surface area contributed by atoms with E-state index in [2.05, 4.69) is 20.6 Å². The highest BCUT2D eigenvalue weighted by Gasteiger charge is 2.22. The van der Waals surface area contributed by atoms with Crippen molar-refractivity contribution in [1.29, 1.82) is 0 Å². The van der Waals surface area contributed by atoms with E-state index in [0.29, 0.717) is 17.7 Å². The Hall–Kier alpha value is -2.30. The second kappa shape index (κ2) is 5.99. The maximum Gasteiger partial charge on any atom is 0.224 e. The van der Waals surface area contributed by atoms with Gasteiger partial charge in [0.2, 0.25) is 5.95 Å². The van der Waals surface area contributed by atoms with Crippen molar-refractivity contribution >= 4 is 11.8 Å². The van der Waals surface area contributed by atoms with Gasteiger partial charge in [-0.15, -0.1) is 0 Å². The maximum absolute atomic E-state index is 9.25. The zero-order valence-electron chi connectivity index (χ0n) is 12.1. The van der Waals surface area contributed by atoms with Gasteiger partial charge < -0.3 is 15.7 Å². The number of hydrogen-bond acceptors (Lipinski definition) is 5. The lowest BCUT2D eigenvalue weighted by Crippen LogP contribution is -2.11. The Bertz CT molecular complexity index is 608. The molecular weight excluding hydrogens is 264 g/mol. The zero-order chi connectivity index (χ0) is 14.7. The lowest BCUT2D eigenvalue weighted by atomic mass is 10.1. The van der Waals surface area contributed by atoms with Crippen molar-refractivity contribution in [2.24, 2.45) is 0 Å². The summed E-state index contributed by atoms with van der Waals surface area (Å²) in [6.07, 6.45) is 5.17. The molecule has 3 N–H and O–H groups in total. The van der Waals surface area contributed by atoms with Crippen LogP contribution >= 0.6 is 0 Å². The summed E-state index contributed by atoms with van der Waals surface area (Å²) < 4.78 is 0. The number of phenols is 1. The number of aryl methyl sites for hydroxylation is 1. The molecular formula is C16H20N4O. The summed E-state index contributed by atoms with van der Waals surface area (Å²) in [7, 11) is 0. The molecule has 1 aliphatic rings. The van der Waals surface area contributed by atoms with Gasteiger partial charge in [-0.3, -0.25) is 0 Å². The van der Waals surface area contributed by atoms with E-state index in [1.54, 1.807) is 12.1 Å². The maximum atomic E-state index is 9.25. The Labute approximate surface area is 124 Å². The predicted octanol–water partition coefficient (Wildman–Crippen LogP) is 2.72. The molecule has 1 aromatic carbocycles. The van der Waals surface area contributed by atoms with Gasteiger partial charge >= 0.3 is 0 Å². The van der Waals surface area contributed by atoms with Crippen molar-refractivity contribution in [1.82, 2.24) is 9.97 Å². The second-order valence-corrected chi connectivity index (χ2v) is 5.49. The highest BCUT2D eigenvalue weighted by Crippen LogP contribution is 2.25. The third-order valence-electron chi connectivity index (χ3n) is 3.52. The number of aromatic hydroxyl groups is 1. The van der Waals surface area contributed by atoms with E-state index in [4.69, 9.17) is 0 Å². The zero-order valence-corrected chi connectivity index (χ0v) is 12.1. The molecule has 5 nitrogen and oxygen atoms in total. The molecule has 1 aromatic heterocycles. The Morgan fingerprint density at radius 2 is 2.00 bits per heavy atom. The van der Waals surface area contributed by atoms with Gasteiger partial charge in [0.1, 0.15) is 11.6 Å². The highest BCUT2D eigenvalue weighted by molar-refractivity contribution is 5.47. The smallest absolute Gasteiger partial charge is 0.224 e. The summed E-state index contributed by atoms with van der Waals surface area (Å²) in [5.41, 5.74) is 2.25. The van der Waals surface area contributed by atoms with Crippen molar-refractivity contribution in [3.63, 3.8) is 0 Å². The van der Waals surface area contributed by atoms with Gasteiger partial charge in [0.25, 0.3) is 0 Å². The number of anilines is 2. The summed E-state index contributed by atoms with van der Waals surface area (Å²) in [5.74, 6) is 1.88. The molecule has 110 valence electrons. The average molecular weight is 284 g/mol. The lowest BCUT2D eigenvalue weighted by Gasteiger charge is -2.10. The molecule has 0 atom stereocenters. The van der Waals surface area contributed by atoms with Crippen LogP contribution in [0.3, 0.4) is 0 Å². The first kappa shape index (κ1) is 13.7. The number of hydrogen-bond donors (Lipinski definition) is 3. The Kier molecular flexibility index (Phi) is 3.90. The van der Waals surface area contributed by atoms with Crippen LogP contribution in [0.2, 0.25) is 0 Å². The van der Waals surface area contributed by atoms with E-state index in [-0.39, 0.29) is 0 Å². The van der Waals surface area contributed by atoms with Crippen molar-refractivity contribution in [3.8, 4) is 5.75 Å². The van der Waals surface area contributed by atoms with Crippen molar-refractivity contribution in [2.75, 3.05) is 17.2 Å². The number of nitrogens with one attached hydrogen (secondary N) is 2. The normalized spacial score (nSPS) is 14.0. The van der Waals surface area contributed by atoms with E-state index in [1.165, 1.54) is 18.4 Å². The number of nitrogens with zero attached hydrogens (tertiary/aromatic N) is 2. The first-order chi connectivity index (χ1) is 10.2.